The predicted molar refractivity (Wildman–Crippen MR) is 133 cm³/mol. The summed E-state index contributed by atoms with van der Waals surface area (Å²) >= 11 is 3.47. The van der Waals surface area contributed by atoms with E-state index in [1.165, 1.54) is 28.4 Å². The zero-order valence-corrected chi connectivity index (χ0v) is 20.6. The van der Waals surface area contributed by atoms with Crippen molar-refractivity contribution >= 4 is 69.8 Å². The number of carbonyl (C=O) groups is 3. The molecule has 4 rings (SSSR count). The Labute approximate surface area is 211 Å². The van der Waals surface area contributed by atoms with Crippen LogP contribution < -0.4 is 11.1 Å². The lowest BCUT2D eigenvalue weighted by atomic mass is 10.0. The number of anilines is 1. The number of aliphatic carboxylic acids is 1. The third-order valence-corrected chi connectivity index (χ3v) is 7.63. The third kappa shape index (κ3) is 5.31. The second-order valence-corrected chi connectivity index (χ2v) is 9.85. The number of pyridine rings is 1. The summed E-state index contributed by atoms with van der Waals surface area (Å²) in [6.45, 7) is 1.89. The van der Waals surface area contributed by atoms with Gasteiger partial charge in [0.15, 0.2) is 5.13 Å². The minimum Gasteiger partial charge on any atom is -0.477 e. The lowest BCUT2D eigenvalue weighted by Gasteiger charge is -2.49. The minimum absolute atomic E-state index is 0.0245. The number of nitrogen functional groups attached to an aromatic ring is 1. The molecular formula is C20H19N7O5S3. The van der Waals surface area contributed by atoms with Crippen LogP contribution >= 0.6 is 35.1 Å². The second kappa shape index (κ2) is 10.9. The van der Waals surface area contributed by atoms with Crippen LogP contribution in [0.4, 0.5) is 5.13 Å². The number of nitrogens with one attached hydrogen (secondary N) is 1. The van der Waals surface area contributed by atoms with Gasteiger partial charge in [0, 0.05) is 34.6 Å². The van der Waals surface area contributed by atoms with Crippen LogP contribution in [0.15, 0.2) is 45.7 Å². The standard InChI is InChI=1S/C20H19N7O5S3/c1-2-32-25-12(15-24-20(21)35-26-15)16(28)23-13-17(29)27-14(19(30)31)11(9-34-18(13)27)33-7-5-10-4-3-6-22-8-10/h3-8,13,18H,2,9H2,1H3,(H,23,28)(H,30,31)(H2,21,24,26)/t13?,18-/m0/s1. The highest BCUT2D eigenvalue weighted by Crippen LogP contribution is 2.43. The highest BCUT2D eigenvalue weighted by atomic mass is 32.2. The third-order valence-electron chi connectivity index (χ3n) is 4.73. The molecule has 0 radical (unpaired) electrons. The van der Waals surface area contributed by atoms with Gasteiger partial charge >= 0.3 is 5.97 Å². The Balaban J connectivity index is 1.49. The minimum atomic E-state index is -1.22. The van der Waals surface area contributed by atoms with Crippen molar-refractivity contribution < 1.29 is 24.3 Å². The van der Waals surface area contributed by atoms with Gasteiger partial charge in [-0.3, -0.25) is 19.5 Å². The van der Waals surface area contributed by atoms with E-state index in [9.17, 15) is 19.5 Å². The van der Waals surface area contributed by atoms with E-state index in [2.05, 4.69) is 24.8 Å². The molecule has 15 heteroatoms. The van der Waals surface area contributed by atoms with E-state index < -0.39 is 29.2 Å². The Bertz CT molecular complexity index is 1230. The van der Waals surface area contributed by atoms with Gasteiger partial charge < -0.3 is 21.0 Å². The van der Waals surface area contributed by atoms with Gasteiger partial charge in [-0.15, -0.1) is 11.8 Å². The molecule has 35 heavy (non-hydrogen) atoms. The van der Waals surface area contributed by atoms with Gasteiger partial charge in [-0.05, 0) is 30.0 Å². The number of thioether (sulfide) groups is 2. The zero-order chi connectivity index (χ0) is 24.9. The van der Waals surface area contributed by atoms with Crippen molar-refractivity contribution in [3.8, 4) is 0 Å². The van der Waals surface area contributed by atoms with E-state index in [-0.39, 0.29) is 29.0 Å². The number of nitrogens with zero attached hydrogens (tertiary/aromatic N) is 5. The number of oxime groups is 1. The number of aromatic nitrogens is 3. The Morgan fingerprint density at radius 2 is 2.31 bits per heavy atom. The van der Waals surface area contributed by atoms with E-state index in [0.29, 0.717) is 10.7 Å². The number of hydrogen-bond acceptors (Lipinski definition) is 12. The molecule has 0 aromatic carbocycles. The van der Waals surface area contributed by atoms with Gasteiger partial charge in [0.25, 0.3) is 11.8 Å². The normalized spacial score (nSPS) is 20.0. The Hall–Kier alpha value is -3.43. The highest BCUT2D eigenvalue weighted by Gasteiger charge is 2.54. The zero-order valence-electron chi connectivity index (χ0n) is 18.2. The van der Waals surface area contributed by atoms with Crippen LogP contribution in [0.3, 0.4) is 0 Å². The average Bonchev–Trinajstić information content (AvgIpc) is 3.28. The Morgan fingerprint density at radius 1 is 1.49 bits per heavy atom. The van der Waals surface area contributed by atoms with Crippen LogP contribution in [0.25, 0.3) is 6.08 Å². The lowest BCUT2D eigenvalue weighted by Crippen LogP contribution is -2.71. The van der Waals surface area contributed by atoms with Crippen molar-refractivity contribution in [1.29, 1.82) is 0 Å². The maximum atomic E-state index is 12.9. The molecule has 2 atom stereocenters. The summed E-state index contributed by atoms with van der Waals surface area (Å²) < 4.78 is 3.97. The van der Waals surface area contributed by atoms with Crippen LogP contribution in [0.2, 0.25) is 0 Å². The quantitative estimate of drug-likeness (QED) is 0.241. The fourth-order valence-electron chi connectivity index (χ4n) is 3.20. The SMILES string of the molecule is CCON=C(C(=O)NC1C(=O)N2C(C(=O)O)=C(SC=Cc3cccnc3)CS[C@@H]12)c1nsc(N)n1. The molecule has 1 fully saturated rings. The summed E-state index contributed by atoms with van der Waals surface area (Å²) in [7, 11) is 0. The maximum absolute atomic E-state index is 12.9. The number of amides is 2. The molecule has 0 aliphatic carbocycles. The smallest absolute Gasteiger partial charge is 0.353 e. The topological polar surface area (TPSA) is 173 Å². The molecule has 1 unspecified atom stereocenters. The van der Waals surface area contributed by atoms with Crippen molar-refractivity contribution in [3.05, 3.63) is 51.9 Å². The number of hydrogen-bond donors (Lipinski definition) is 3. The molecule has 2 aromatic heterocycles. The van der Waals surface area contributed by atoms with E-state index in [1.54, 1.807) is 36.9 Å². The van der Waals surface area contributed by atoms with Crippen LogP contribution in [-0.2, 0) is 19.2 Å². The first-order valence-corrected chi connectivity index (χ1v) is 12.9. The molecule has 2 aliphatic heterocycles. The number of nitrogens with two attached hydrogens (primary N) is 1. The van der Waals surface area contributed by atoms with E-state index in [0.717, 1.165) is 17.1 Å². The summed E-state index contributed by atoms with van der Waals surface area (Å²) in [5, 5.41) is 17.5. The van der Waals surface area contributed by atoms with Crippen molar-refractivity contribution in [2.24, 2.45) is 5.16 Å². The molecule has 1 saturated heterocycles. The van der Waals surface area contributed by atoms with Gasteiger partial charge in [-0.25, -0.2) is 4.79 Å². The molecule has 12 nitrogen and oxygen atoms in total. The summed E-state index contributed by atoms with van der Waals surface area (Å²) in [6.07, 6.45) is 5.15. The maximum Gasteiger partial charge on any atom is 0.353 e. The number of β-lactam (4-membered cyclic amide) rings is 1. The molecule has 4 N–H and O–H groups in total. The van der Waals surface area contributed by atoms with Crippen molar-refractivity contribution in [2.45, 2.75) is 18.3 Å². The van der Waals surface area contributed by atoms with E-state index >= 15 is 0 Å². The summed E-state index contributed by atoms with van der Waals surface area (Å²) in [6, 6.07) is 2.72. The Morgan fingerprint density at radius 3 is 2.97 bits per heavy atom. The van der Waals surface area contributed by atoms with Gasteiger partial charge in [0.1, 0.15) is 23.7 Å². The van der Waals surface area contributed by atoms with E-state index in [4.69, 9.17) is 10.6 Å². The largest absolute Gasteiger partial charge is 0.477 e. The fourth-order valence-corrected chi connectivity index (χ4v) is 6.00. The number of fused-ring (bicyclic) bond motifs is 1. The molecule has 0 bridgehead atoms. The van der Waals surface area contributed by atoms with Crippen LogP contribution in [0.5, 0.6) is 0 Å². The number of carbonyl (C=O) groups excluding carboxylic acids is 2. The number of rotatable bonds is 9. The van der Waals surface area contributed by atoms with Crippen LogP contribution in [0.1, 0.15) is 18.3 Å². The van der Waals surface area contributed by atoms with Crippen molar-refractivity contribution in [1.82, 2.24) is 24.6 Å². The fraction of sp³-hybridized carbons (Fsp3) is 0.250. The first-order chi connectivity index (χ1) is 16.9. The van der Waals surface area contributed by atoms with Crippen LogP contribution in [-0.4, -0.2) is 71.6 Å². The van der Waals surface area contributed by atoms with Gasteiger partial charge in [-0.1, -0.05) is 23.0 Å². The molecule has 182 valence electrons. The van der Waals surface area contributed by atoms with E-state index in [1.807, 2.05) is 6.07 Å². The molecular weight excluding hydrogens is 514 g/mol. The summed E-state index contributed by atoms with van der Waals surface area (Å²) in [4.78, 5) is 52.5. The summed E-state index contributed by atoms with van der Waals surface area (Å²) in [5.74, 6) is -2.15. The molecule has 2 aliphatic rings. The molecule has 2 amide bonds. The highest BCUT2D eigenvalue weighted by molar-refractivity contribution is 8.08. The van der Waals surface area contributed by atoms with Gasteiger partial charge in [-0.2, -0.15) is 9.36 Å². The summed E-state index contributed by atoms with van der Waals surface area (Å²) in [5.41, 5.74) is 6.14. The molecule has 4 heterocycles. The van der Waals surface area contributed by atoms with Crippen molar-refractivity contribution in [2.75, 3.05) is 18.1 Å². The number of carboxylic acids is 1. The Kier molecular flexibility index (Phi) is 7.67. The van der Waals surface area contributed by atoms with Gasteiger partial charge in [0.2, 0.25) is 11.5 Å². The van der Waals surface area contributed by atoms with Crippen LogP contribution in [0, 0.1) is 0 Å². The van der Waals surface area contributed by atoms with Crippen molar-refractivity contribution in [3.63, 3.8) is 0 Å². The molecule has 0 saturated carbocycles. The van der Waals surface area contributed by atoms with Gasteiger partial charge in [0.05, 0.1) is 0 Å². The first kappa shape index (κ1) is 24.7. The molecule has 0 spiro atoms. The number of carboxylic acid groups (broad SMARTS) is 1. The average molecular weight is 534 g/mol. The second-order valence-electron chi connectivity index (χ2n) is 6.96. The lowest BCUT2D eigenvalue weighted by molar-refractivity contribution is -0.150. The predicted octanol–water partition coefficient (Wildman–Crippen LogP) is 1.36. The molecule has 2 aromatic rings. The monoisotopic (exact) mass is 533 g/mol. The first-order valence-electron chi connectivity index (χ1n) is 10.2.